The highest BCUT2D eigenvalue weighted by molar-refractivity contribution is 7.89. The molecule has 1 aromatic carbocycles. The van der Waals surface area contributed by atoms with Gasteiger partial charge in [0.2, 0.25) is 10.0 Å². The van der Waals surface area contributed by atoms with E-state index in [0.29, 0.717) is 5.56 Å². The Hall–Kier alpha value is -1.93. The number of carbonyl (C=O) groups is 2. The first-order valence-electron chi connectivity index (χ1n) is 6.69. The Labute approximate surface area is 128 Å². The van der Waals surface area contributed by atoms with Crippen LogP contribution in [0, 0.1) is 12.8 Å². The van der Waals surface area contributed by atoms with Crippen LogP contribution < -0.4 is 0 Å². The summed E-state index contributed by atoms with van der Waals surface area (Å²) in [6.07, 6.45) is 0.282. The Bertz CT molecular complexity index is 712. The van der Waals surface area contributed by atoms with Crippen LogP contribution in [0.5, 0.6) is 0 Å². The topological polar surface area (TPSA) is 101 Å². The smallest absolute Gasteiger partial charge is 0.337 e. The molecule has 7 nitrogen and oxygen atoms in total. The number of sulfonamides is 1. The van der Waals surface area contributed by atoms with Gasteiger partial charge in [0.15, 0.2) is 0 Å². The van der Waals surface area contributed by atoms with Gasteiger partial charge in [-0.15, -0.1) is 0 Å². The van der Waals surface area contributed by atoms with Crippen molar-refractivity contribution >= 4 is 22.0 Å². The van der Waals surface area contributed by atoms with E-state index in [1.165, 1.54) is 25.3 Å². The Morgan fingerprint density at radius 3 is 2.59 bits per heavy atom. The van der Waals surface area contributed by atoms with E-state index in [9.17, 15) is 18.0 Å². The highest BCUT2D eigenvalue weighted by atomic mass is 32.2. The van der Waals surface area contributed by atoms with Gasteiger partial charge in [0.05, 0.1) is 23.5 Å². The van der Waals surface area contributed by atoms with Crippen LogP contribution in [0.1, 0.15) is 22.3 Å². The zero-order valence-corrected chi connectivity index (χ0v) is 13.1. The molecule has 1 unspecified atom stereocenters. The zero-order valence-electron chi connectivity index (χ0n) is 12.3. The van der Waals surface area contributed by atoms with Crippen molar-refractivity contribution < 1.29 is 27.9 Å². The fourth-order valence-corrected chi connectivity index (χ4v) is 4.16. The largest absolute Gasteiger partial charge is 0.481 e. The van der Waals surface area contributed by atoms with Gasteiger partial charge < -0.3 is 9.84 Å². The van der Waals surface area contributed by atoms with Crippen molar-refractivity contribution in [1.82, 2.24) is 4.31 Å². The summed E-state index contributed by atoms with van der Waals surface area (Å²) in [6.45, 7) is 1.72. The number of rotatable bonds is 4. The molecule has 0 aromatic heterocycles. The molecule has 0 saturated carbocycles. The zero-order chi connectivity index (χ0) is 16.5. The molecular weight excluding hydrogens is 310 g/mol. The Morgan fingerprint density at radius 2 is 2.05 bits per heavy atom. The van der Waals surface area contributed by atoms with Crippen molar-refractivity contribution in [2.75, 3.05) is 20.2 Å². The molecule has 1 aromatic rings. The molecule has 1 N–H and O–H groups in total. The van der Waals surface area contributed by atoms with Crippen molar-refractivity contribution in [1.29, 1.82) is 0 Å². The Morgan fingerprint density at radius 1 is 1.36 bits per heavy atom. The van der Waals surface area contributed by atoms with Gasteiger partial charge in [-0.3, -0.25) is 4.79 Å². The minimum atomic E-state index is -3.84. The number of methoxy groups -OCH3 is 1. The van der Waals surface area contributed by atoms with Crippen molar-refractivity contribution in [3.05, 3.63) is 29.3 Å². The molecule has 1 fully saturated rings. The summed E-state index contributed by atoms with van der Waals surface area (Å²) in [4.78, 5) is 22.5. The van der Waals surface area contributed by atoms with Crippen LogP contribution in [0.15, 0.2) is 23.1 Å². The number of hydrogen-bond donors (Lipinski definition) is 1. The van der Waals surface area contributed by atoms with Crippen LogP contribution in [0.2, 0.25) is 0 Å². The monoisotopic (exact) mass is 327 g/mol. The van der Waals surface area contributed by atoms with Gasteiger partial charge in [0, 0.05) is 13.1 Å². The molecule has 1 aliphatic rings. The van der Waals surface area contributed by atoms with Crippen LogP contribution in [0.4, 0.5) is 0 Å². The first kappa shape index (κ1) is 16.4. The van der Waals surface area contributed by atoms with Crippen LogP contribution in [-0.4, -0.2) is 50.0 Å². The quantitative estimate of drug-likeness (QED) is 0.824. The summed E-state index contributed by atoms with van der Waals surface area (Å²) in [6, 6.07) is 4.29. The van der Waals surface area contributed by atoms with Crippen molar-refractivity contribution in [3.8, 4) is 0 Å². The summed E-state index contributed by atoms with van der Waals surface area (Å²) in [5.41, 5.74) is 0.632. The molecule has 1 saturated heterocycles. The molecule has 1 heterocycles. The van der Waals surface area contributed by atoms with Gasteiger partial charge in [-0.1, -0.05) is 6.07 Å². The van der Waals surface area contributed by atoms with Crippen LogP contribution in [-0.2, 0) is 19.6 Å². The number of benzene rings is 1. The lowest BCUT2D eigenvalue weighted by atomic mass is 10.1. The first-order chi connectivity index (χ1) is 10.3. The minimum absolute atomic E-state index is 0.00133. The fraction of sp³-hybridized carbons (Fsp3) is 0.429. The van der Waals surface area contributed by atoms with Crippen molar-refractivity contribution in [2.45, 2.75) is 18.2 Å². The van der Waals surface area contributed by atoms with Gasteiger partial charge in [0.1, 0.15) is 0 Å². The normalized spacial score (nSPS) is 19.1. The average molecular weight is 327 g/mol. The second kappa shape index (κ2) is 6.05. The number of nitrogens with zero attached hydrogens (tertiary/aromatic N) is 1. The molecular formula is C14H17NO6S. The van der Waals surface area contributed by atoms with Crippen LogP contribution in [0.3, 0.4) is 0 Å². The van der Waals surface area contributed by atoms with Crippen molar-refractivity contribution in [2.24, 2.45) is 5.92 Å². The third-order valence-electron chi connectivity index (χ3n) is 3.73. The number of hydrogen-bond acceptors (Lipinski definition) is 5. The van der Waals surface area contributed by atoms with Crippen LogP contribution in [0.25, 0.3) is 0 Å². The number of carbonyl (C=O) groups excluding carboxylic acids is 1. The molecule has 2 rings (SSSR count). The number of carboxylic acids is 1. The molecule has 0 bridgehead atoms. The molecule has 0 aliphatic carbocycles. The second-order valence-corrected chi connectivity index (χ2v) is 7.07. The van der Waals surface area contributed by atoms with E-state index < -0.39 is 27.9 Å². The molecule has 22 heavy (non-hydrogen) atoms. The number of ether oxygens (including phenoxy) is 1. The van der Waals surface area contributed by atoms with Gasteiger partial charge >= 0.3 is 11.9 Å². The number of aryl methyl sites for hydroxylation is 1. The predicted octanol–water partition coefficient (Wildman–Crippen LogP) is 0.877. The molecule has 0 amide bonds. The second-order valence-electron chi connectivity index (χ2n) is 5.16. The number of esters is 1. The van der Waals surface area contributed by atoms with Crippen molar-refractivity contribution in [3.63, 3.8) is 0 Å². The highest BCUT2D eigenvalue weighted by Gasteiger charge is 2.36. The van der Waals surface area contributed by atoms with E-state index >= 15 is 0 Å². The molecule has 0 radical (unpaired) electrons. The van der Waals surface area contributed by atoms with E-state index in [2.05, 4.69) is 4.74 Å². The van der Waals surface area contributed by atoms with E-state index in [-0.39, 0.29) is 30.0 Å². The maximum Gasteiger partial charge on any atom is 0.337 e. The van der Waals surface area contributed by atoms with Gasteiger partial charge in [0.25, 0.3) is 0 Å². The maximum atomic E-state index is 12.7. The van der Waals surface area contributed by atoms with Gasteiger partial charge in [-0.25, -0.2) is 13.2 Å². The molecule has 120 valence electrons. The van der Waals surface area contributed by atoms with Crippen LogP contribution >= 0.6 is 0 Å². The summed E-state index contributed by atoms with van der Waals surface area (Å²) in [5, 5.41) is 8.99. The molecule has 8 heteroatoms. The summed E-state index contributed by atoms with van der Waals surface area (Å²) in [7, 11) is -2.62. The standard InChI is InChI=1S/C14H17NO6S/c1-9-3-4-10(14(18)21-2)7-12(9)22(19,20)15-6-5-11(8-15)13(16)17/h3-4,7,11H,5-6,8H2,1-2H3,(H,16,17). The molecule has 1 aliphatic heterocycles. The van der Waals surface area contributed by atoms with E-state index in [0.717, 1.165) is 4.31 Å². The maximum absolute atomic E-state index is 12.7. The predicted molar refractivity (Wildman–Crippen MR) is 77.0 cm³/mol. The van der Waals surface area contributed by atoms with E-state index in [1.54, 1.807) is 6.92 Å². The number of carboxylic acid groups (broad SMARTS) is 1. The lowest BCUT2D eigenvalue weighted by Crippen LogP contribution is -2.30. The summed E-state index contributed by atoms with van der Waals surface area (Å²) < 4.78 is 31.1. The molecule has 0 spiro atoms. The highest BCUT2D eigenvalue weighted by Crippen LogP contribution is 2.27. The SMILES string of the molecule is COC(=O)c1ccc(C)c(S(=O)(=O)N2CCC(C(=O)O)C2)c1. The fourth-order valence-electron chi connectivity index (χ4n) is 2.41. The van der Waals surface area contributed by atoms with Gasteiger partial charge in [-0.05, 0) is 31.0 Å². The number of aliphatic carboxylic acids is 1. The minimum Gasteiger partial charge on any atom is -0.481 e. The molecule has 1 atom stereocenters. The third kappa shape index (κ3) is 2.97. The Kier molecular flexibility index (Phi) is 4.52. The summed E-state index contributed by atoms with van der Waals surface area (Å²) in [5.74, 6) is -2.32. The van der Waals surface area contributed by atoms with Gasteiger partial charge in [-0.2, -0.15) is 4.31 Å². The third-order valence-corrected chi connectivity index (χ3v) is 5.73. The first-order valence-corrected chi connectivity index (χ1v) is 8.13. The average Bonchev–Trinajstić information content (AvgIpc) is 2.97. The summed E-state index contributed by atoms with van der Waals surface area (Å²) >= 11 is 0. The Balaban J connectivity index is 2.38. The van der Waals surface area contributed by atoms with E-state index in [1.807, 2.05) is 0 Å². The lowest BCUT2D eigenvalue weighted by Gasteiger charge is -2.18. The lowest BCUT2D eigenvalue weighted by molar-refractivity contribution is -0.141. The van der Waals surface area contributed by atoms with E-state index in [4.69, 9.17) is 5.11 Å².